The third-order valence-corrected chi connectivity index (χ3v) is 3.15. The number of hydrogen-bond donors (Lipinski definition) is 2. The summed E-state index contributed by atoms with van der Waals surface area (Å²) in [5.74, 6) is 0.585. The van der Waals surface area contributed by atoms with Gasteiger partial charge in [-0.2, -0.15) is 0 Å². The number of nitrogens with zero attached hydrogens (tertiary/aromatic N) is 2. The van der Waals surface area contributed by atoms with Crippen LogP contribution in [0.3, 0.4) is 0 Å². The lowest BCUT2D eigenvalue weighted by Gasteiger charge is -2.19. The Morgan fingerprint density at radius 3 is 3.06 bits per heavy atom. The number of nitrogen functional groups attached to an aromatic ring is 1. The van der Waals surface area contributed by atoms with Crippen LogP contribution < -0.4 is 16.4 Å². The molecule has 0 saturated carbocycles. The fourth-order valence-corrected chi connectivity index (χ4v) is 2.25. The van der Waals surface area contributed by atoms with Crippen molar-refractivity contribution in [3.8, 4) is 0 Å². The molecule has 1 fully saturated rings. The molecule has 1 aliphatic rings. The van der Waals surface area contributed by atoms with Gasteiger partial charge < -0.3 is 21.1 Å². The number of carbonyl (C=O) groups excluding carboxylic acids is 1. The van der Waals surface area contributed by atoms with Crippen molar-refractivity contribution in [3.63, 3.8) is 0 Å². The van der Waals surface area contributed by atoms with Crippen LogP contribution in [0.25, 0.3) is 0 Å². The Morgan fingerprint density at radius 2 is 2.39 bits per heavy atom. The molecule has 1 atom stereocenters. The second-order valence-corrected chi connectivity index (χ2v) is 4.53. The van der Waals surface area contributed by atoms with E-state index in [0.29, 0.717) is 17.4 Å². The average molecular weight is 250 g/mol. The van der Waals surface area contributed by atoms with Crippen LogP contribution >= 0.6 is 0 Å². The summed E-state index contributed by atoms with van der Waals surface area (Å²) in [7, 11) is 1.70. The fraction of sp³-hybridized carbons (Fsp3) is 0.500. The number of anilines is 2. The second kappa shape index (κ2) is 5.22. The van der Waals surface area contributed by atoms with Crippen LogP contribution in [0.5, 0.6) is 0 Å². The number of nitrogens with two attached hydrogens (primary N) is 2. The molecular formula is C12H18N4O2. The van der Waals surface area contributed by atoms with Gasteiger partial charge in [-0.25, -0.2) is 4.98 Å². The molecule has 1 aliphatic heterocycles. The van der Waals surface area contributed by atoms with Gasteiger partial charge in [-0.05, 0) is 18.6 Å². The minimum absolute atomic E-state index is 0.245. The quantitative estimate of drug-likeness (QED) is 0.798. The Kier molecular flexibility index (Phi) is 3.66. The van der Waals surface area contributed by atoms with E-state index in [1.165, 1.54) is 0 Å². The lowest BCUT2D eigenvalue weighted by Crippen LogP contribution is -2.24. The maximum Gasteiger partial charge on any atom is 0.267 e. The van der Waals surface area contributed by atoms with E-state index >= 15 is 0 Å². The number of methoxy groups -OCH3 is 1. The van der Waals surface area contributed by atoms with Crippen molar-refractivity contribution in [2.75, 3.05) is 37.4 Å². The number of primary amides is 1. The molecule has 0 radical (unpaired) electrons. The summed E-state index contributed by atoms with van der Waals surface area (Å²) < 4.78 is 5.15. The minimum Gasteiger partial charge on any atom is -0.396 e. The second-order valence-electron chi connectivity index (χ2n) is 4.53. The summed E-state index contributed by atoms with van der Waals surface area (Å²) in [5.41, 5.74) is 11.9. The van der Waals surface area contributed by atoms with Crippen LogP contribution in [-0.4, -0.2) is 37.7 Å². The van der Waals surface area contributed by atoms with Gasteiger partial charge >= 0.3 is 0 Å². The number of hydrogen-bond acceptors (Lipinski definition) is 5. The molecule has 6 heteroatoms. The molecule has 1 aromatic heterocycles. The lowest BCUT2D eigenvalue weighted by atomic mass is 10.1. The molecule has 1 aromatic rings. The Balaban J connectivity index is 2.18. The Labute approximate surface area is 106 Å². The van der Waals surface area contributed by atoms with E-state index in [1.807, 2.05) is 0 Å². The van der Waals surface area contributed by atoms with Gasteiger partial charge in [-0.1, -0.05) is 0 Å². The van der Waals surface area contributed by atoms with Gasteiger partial charge in [0.1, 0.15) is 5.69 Å². The van der Waals surface area contributed by atoms with Crippen LogP contribution in [0.15, 0.2) is 12.1 Å². The first-order valence-corrected chi connectivity index (χ1v) is 5.92. The topological polar surface area (TPSA) is 94.5 Å². The summed E-state index contributed by atoms with van der Waals surface area (Å²) in [4.78, 5) is 17.4. The van der Waals surface area contributed by atoms with Crippen LogP contribution in [-0.2, 0) is 4.74 Å². The van der Waals surface area contributed by atoms with Crippen molar-refractivity contribution >= 4 is 17.4 Å². The van der Waals surface area contributed by atoms with Crippen LogP contribution in [0, 0.1) is 5.92 Å². The van der Waals surface area contributed by atoms with Gasteiger partial charge in [0.25, 0.3) is 5.91 Å². The number of carbonyl (C=O) groups is 1. The van der Waals surface area contributed by atoms with Crippen LogP contribution in [0.1, 0.15) is 16.9 Å². The van der Waals surface area contributed by atoms with Gasteiger partial charge in [-0.15, -0.1) is 0 Å². The first-order valence-electron chi connectivity index (χ1n) is 5.92. The van der Waals surface area contributed by atoms with Gasteiger partial charge in [0, 0.05) is 26.1 Å². The van der Waals surface area contributed by atoms with Crippen LogP contribution in [0.4, 0.5) is 11.5 Å². The number of pyridine rings is 1. The molecule has 98 valence electrons. The van der Waals surface area contributed by atoms with Gasteiger partial charge in [-0.3, -0.25) is 4.79 Å². The summed E-state index contributed by atoms with van der Waals surface area (Å²) >= 11 is 0. The maximum absolute atomic E-state index is 11.1. The number of rotatable bonds is 4. The third kappa shape index (κ3) is 2.53. The zero-order valence-electron chi connectivity index (χ0n) is 10.4. The predicted octanol–water partition coefficient (Wildman–Crippen LogP) is 0.235. The Bertz CT molecular complexity index is 450. The zero-order chi connectivity index (χ0) is 13.1. The fourth-order valence-electron chi connectivity index (χ4n) is 2.25. The molecule has 0 spiro atoms. The number of amides is 1. The largest absolute Gasteiger partial charge is 0.396 e. The molecule has 18 heavy (non-hydrogen) atoms. The van der Waals surface area contributed by atoms with Gasteiger partial charge in [0.2, 0.25) is 0 Å². The van der Waals surface area contributed by atoms with Crippen molar-refractivity contribution < 1.29 is 9.53 Å². The molecule has 0 bridgehead atoms. The van der Waals surface area contributed by atoms with E-state index in [-0.39, 0.29) is 5.69 Å². The van der Waals surface area contributed by atoms with Crippen molar-refractivity contribution in [1.82, 2.24) is 4.98 Å². The first-order chi connectivity index (χ1) is 8.61. The van der Waals surface area contributed by atoms with E-state index in [9.17, 15) is 4.79 Å². The standard InChI is InChI=1S/C12H18N4O2/c1-18-7-8-4-5-16(6-8)12-9(13)2-3-10(15-12)11(14)17/h2-3,8H,4-7,13H2,1H3,(H2,14,17). The third-order valence-electron chi connectivity index (χ3n) is 3.15. The monoisotopic (exact) mass is 250 g/mol. The summed E-state index contributed by atoms with van der Waals surface area (Å²) in [6, 6.07) is 3.22. The summed E-state index contributed by atoms with van der Waals surface area (Å²) in [6.45, 7) is 2.44. The number of aromatic nitrogens is 1. The number of ether oxygens (including phenoxy) is 1. The zero-order valence-corrected chi connectivity index (χ0v) is 10.4. The SMILES string of the molecule is COCC1CCN(c2nc(C(N)=O)ccc2N)C1. The Morgan fingerprint density at radius 1 is 1.61 bits per heavy atom. The minimum atomic E-state index is -0.538. The first kappa shape index (κ1) is 12.6. The molecule has 1 saturated heterocycles. The average Bonchev–Trinajstić information content (AvgIpc) is 2.78. The molecule has 1 amide bonds. The molecular weight excluding hydrogens is 232 g/mol. The molecule has 4 N–H and O–H groups in total. The highest BCUT2D eigenvalue weighted by Crippen LogP contribution is 2.27. The highest BCUT2D eigenvalue weighted by atomic mass is 16.5. The van der Waals surface area contributed by atoms with E-state index in [2.05, 4.69) is 9.88 Å². The van der Waals surface area contributed by atoms with Gasteiger partial charge in [0.15, 0.2) is 5.82 Å². The normalized spacial score (nSPS) is 19.2. The highest BCUT2D eigenvalue weighted by molar-refractivity contribution is 5.91. The Hall–Kier alpha value is -1.82. The molecule has 6 nitrogen and oxygen atoms in total. The maximum atomic E-state index is 11.1. The van der Waals surface area contributed by atoms with Crippen molar-refractivity contribution in [2.45, 2.75) is 6.42 Å². The van der Waals surface area contributed by atoms with Crippen LogP contribution in [0.2, 0.25) is 0 Å². The van der Waals surface area contributed by atoms with Crippen molar-refractivity contribution in [2.24, 2.45) is 11.7 Å². The van der Waals surface area contributed by atoms with E-state index < -0.39 is 5.91 Å². The molecule has 1 unspecified atom stereocenters. The molecule has 2 rings (SSSR count). The van der Waals surface area contributed by atoms with Crippen molar-refractivity contribution in [1.29, 1.82) is 0 Å². The summed E-state index contributed by atoms with van der Waals surface area (Å²) in [6.07, 6.45) is 1.04. The predicted molar refractivity (Wildman–Crippen MR) is 69.4 cm³/mol. The highest BCUT2D eigenvalue weighted by Gasteiger charge is 2.25. The smallest absolute Gasteiger partial charge is 0.267 e. The molecule has 0 aromatic carbocycles. The molecule has 0 aliphatic carbocycles. The lowest BCUT2D eigenvalue weighted by molar-refractivity contribution is 0.0995. The van der Waals surface area contributed by atoms with Gasteiger partial charge in [0.05, 0.1) is 12.3 Å². The van der Waals surface area contributed by atoms with E-state index in [1.54, 1.807) is 19.2 Å². The van der Waals surface area contributed by atoms with E-state index in [4.69, 9.17) is 16.2 Å². The van der Waals surface area contributed by atoms with Crippen molar-refractivity contribution in [3.05, 3.63) is 17.8 Å². The van der Waals surface area contributed by atoms with E-state index in [0.717, 1.165) is 26.1 Å². The summed E-state index contributed by atoms with van der Waals surface area (Å²) in [5, 5.41) is 0. The molecule has 2 heterocycles.